The normalized spacial score (nSPS) is 12.6. The predicted molar refractivity (Wildman–Crippen MR) is 53.2 cm³/mol. The molecule has 0 spiro atoms. The Bertz CT molecular complexity index is 397. The van der Waals surface area contributed by atoms with Crippen molar-refractivity contribution in [2.75, 3.05) is 17.9 Å². The largest absolute Gasteiger partial charge is 0.388 e. The van der Waals surface area contributed by atoms with Crippen molar-refractivity contribution in [2.24, 2.45) is 5.73 Å². The topological polar surface area (TPSA) is 130 Å². The molecule has 84 valence electrons. The summed E-state index contributed by atoms with van der Waals surface area (Å²) in [6.45, 7) is -0.0623. The van der Waals surface area contributed by atoms with Crippen LogP contribution in [0.3, 0.4) is 0 Å². The van der Waals surface area contributed by atoms with Crippen molar-refractivity contribution in [3.8, 4) is 0 Å². The number of nitrogens with two attached hydrogens (primary N) is 1. The Morgan fingerprint density at radius 2 is 1.86 bits per heavy atom. The summed E-state index contributed by atoms with van der Waals surface area (Å²) in [5.41, 5.74) is 4.98. The molecular formula is C5H13N3O4S2. The highest BCUT2D eigenvalue weighted by Crippen LogP contribution is 1.91. The van der Waals surface area contributed by atoms with E-state index in [0.29, 0.717) is 0 Å². The van der Waals surface area contributed by atoms with Gasteiger partial charge in [0.05, 0.1) is 5.84 Å². The van der Waals surface area contributed by atoms with Crippen LogP contribution in [-0.2, 0) is 19.9 Å². The number of sulfonamides is 1. The summed E-state index contributed by atoms with van der Waals surface area (Å²) < 4.78 is 45.4. The summed E-state index contributed by atoms with van der Waals surface area (Å²) in [7, 11) is -7.39. The van der Waals surface area contributed by atoms with Gasteiger partial charge in [0.2, 0.25) is 10.0 Å². The smallest absolute Gasteiger partial charge is 0.226 e. The summed E-state index contributed by atoms with van der Waals surface area (Å²) in [6, 6.07) is 0. The van der Waals surface area contributed by atoms with Crippen molar-refractivity contribution in [1.82, 2.24) is 4.72 Å². The second kappa shape index (κ2) is 4.71. The Kier molecular flexibility index (Phi) is 4.49. The van der Waals surface area contributed by atoms with E-state index in [9.17, 15) is 16.8 Å². The van der Waals surface area contributed by atoms with Crippen LogP contribution in [0.25, 0.3) is 0 Å². The molecule has 0 saturated heterocycles. The van der Waals surface area contributed by atoms with Gasteiger partial charge in [-0.2, -0.15) is 0 Å². The second-order valence-electron chi connectivity index (χ2n) is 2.83. The maximum Gasteiger partial charge on any atom is 0.226 e. The minimum atomic E-state index is -3.83. The van der Waals surface area contributed by atoms with Crippen molar-refractivity contribution < 1.29 is 16.8 Å². The van der Waals surface area contributed by atoms with E-state index in [-0.39, 0.29) is 18.8 Å². The average molecular weight is 243 g/mol. The van der Waals surface area contributed by atoms with E-state index < -0.39 is 24.9 Å². The Balaban J connectivity index is 4.18. The molecule has 0 saturated carbocycles. The Morgan fingerprint density at radius 1 is 1.36 bits per heavy atom. The Morgan fingerprint density at radius 3 is 2.21 bits per heavy atom. The van der Waals surface area contributed by atoms with Gasteiger partial charge in [0.1, 0.15) is 0 Å². The van der Waals surface area contributed by atoms with Crippen LogP contribution in [0.15, 0.2) is 0 Å². The van der Waals surface area contributed by atoms with E-state index in [4.69, 9.17) is 11.1 Å². The molecule has 0 aromatic rings. The van der Waals surface area contributed by atoms with Crippen molar-refractivity contribution in [3.05, 3.63) is 0 Å². The van der Waals surface area contributed by atoms with Crippen LogP contribution in [0.2, 0.25) is 0 Å². The minimum absolute atomic E-state index is 0.0585. The lowest BCUT2D eigenvalue weighted by Gasteiger charge is -2.04. The molecule has 0 fully saturated rings. The first-order valence-electron chi connectivity index (χ1n) is 3.60. The molecule has 0 rings (SSSR count). The third-order valence-electron chi connectivity index (χ3n) is 1.09. The fraction of sp³-hybridized carbons (Fsp3) is 0.800. The molecule has 14 heavy (non-hydrogen) atoms. The lowest BCUT2D eigenvalue weighted by atomic mass is 10.4. The number of sulfone groups is 1. The number of nitrogens with one attached hydrogen (secondary N) is 2. The molecule has 4 N–H and O–H groups in total. The SMILES string of the molecule is CS(=O)(=O)CS(=O)(=O)NCCC(=N)N. The van der Waals surface area contributed by atoms with Crippen LogP contribution >= 0.6 is 0 Å². The summed E-state index contributed by atoms with van der Waals surface area (Å²) in [5.74, 6) is -0.160. The first-order valence-corrected chi connectivity index (χ1v) is 7.31. The van der Waals surface area contributed by atoms with Gasteiger partial charge >= 0.3 is 0 Å². The van der Waals surface area contributed by atoms with Crippen molar-refractivity contribution in [1.29, 1.82) is 5.41 Å². The first-order chi connectivity index (χ1) is 6.12. The van der Waals surface area contributed by atoms with Gasteiger partial charge in [-0.3, -0.25) is 5.41 Å². The number of amidine groups is 1. The predicted octanol–water partition coefficient (Wildman–Crippen LogP) is -1.77. The van der Waals surface area contributed by atoms with Gasteiger partial charge in [-0.15, -0.1) is 0 Å². The van der Waals surface area contributed by atoms with Gasteiger partial charge in [0.25, 0.3) is 0 Å². The molecule has 0 aliphatic carbocycles. The van der Waals surface area contributed by atoms with Crippen molar-refractivity contribution >= 4 is 25.7 Å². The molecule has 0 heterocycles. The quantitative estimate of drug-likeness (QED) is 0.375. The van der Waals surface area contributed by atoms with Crippen LogP contribution < -0.4 is 10.5 Å². The van der Waals surface area contributed by atoms with E-state index in [2.05, 4.69) is 0 Å². The zero-order valence-corrected chi connectivity index (χ0v) is 9.28. The van der Waals surface area contributed by atoms with Gasteiger partial charge in [-0.05, 0) is 0 Å². The molecule has 7 nitrogen and oxygen atoms in total. The highest BCUT2D eigenvalue weighted by Gasteiger charge is 2.17. The Labute approximate surface area is 83.2 Å². The zero-order valence-electron chi connectivity index (χ0n) is 7.65. The summed E-state index contributed by atoms with van der Waals surface area (Å²) >= 11 is 0. The van der Waals surface area contributed by atoms with Crippen LogP contribution in [0.4, 0.5) is 0 Å². The van der Waals surface area contributed by atoms with Gasteiger partial charge < -0.3 is 5.73 Å². The van der Waals surface area contributed by atoms with Crippen LogP contribution in [-0.4, -0.2) is 40.6 Å². The lowest BCUT2D eigenvalue weighted by Crippen LogP contribution is -2.32. The molecule has 0 aliphatic rings. The second-order valence-corrected chi connectivity index (χ2v) is 7.14. The highest BCUT2D eigenvalue weighted by atomic mass is 32.3. The molecule has 0 amide bonds. The average Bonchev–Trinajstić information content (AvgIpc) is 1.78. The van der Waals surface area contributed by atoms with Crippen LogP contribution in [0.5, 0.6) is 0 Å². The third-order valence-corrected chi connectivity index (χ3v) is 4.68. The molecule has 0 aromatic heterocycles. The van der Waals surface area contributed by atoms with Crippen LogP contribution in [0, 0.1) is 5.41 Å². The summed E-state index contributed by atoms with van der Waals surface area (Å²) in [5, 5.41) is 5.86. The molecule has 0 unspecified atom stereocenters. The maximum atomic E-state index is 11.0. The van der Waals surface area contributed by atoms with Crippen molar-refractivity contribution in [2.45, 2.75) is 6.42 Å². The molecule has 0 atom stereocenters. The summed E-state index contributed by atoms with van der Waals surface area (Å²) in [6.07, 6.45) is 0.889. The molecule has 0 bridgehead atoms. The van der Waals surface area contributed by atoms with E-state index in [1.807, 2.05) is 4.72 Å². The Hall–Kier alpha value is -0.670. The third kappa shape index (κ3) is 7.95. The summed E-state index contributed by atoms with van der Waals surface area (Å²) in [4.78, 5) is 0. The van der Waals surface area contributed by atoms with E-state index in [0.717, 1.165) is 6.26 Å². The molecule has 9 heteroatoms. The van der Waals surface area contributed by atoms with E-state index >= 15 is 0 Å². The standard InChI is InChI=1S/C5H13N3O4S2/c1-13(9,10)4-14(11,12)8-3-2-5(6)7/h8H,2-4H2,1H3,(H3,6,7). The molecule has 0 aliphatic heterocycles. The molecular weight excluding hydrogens is 230 g/mol. The van der Waals surface area contributed by atoms with E-state index in [1.165, 1.54) is 0 Å². The zero-order chi connectivity index (χ0) is 11.4. The van der Waals surface area contributed by atoms with Crippen LogP contribution in [0.1, 0.15) is 6.42 Å². The lowest BCUT2D eigenvalue weighted by molar-refractivity contribution is 0.582. The number of hydrogen-bond acceptors (Lipinski definition) is 5. The van der Waals surface area contributed by atoms with E-state index in [1.54, 1.807) is 0 Å². The number of rotatable bonds is 6. The number of hydrogen-bond donors (Lipinski definition) is 3. The molecule has 0 radical (unpaired) electrons. The minimum Gasteiger partial charge on any atom is -0.388 e. The fourth-order valence-electron chi connectivity index (χ4n) is 0.665. The fourth-order valence-corrected chi connectivity index (χ4v) is 3.67. The van der Waals surface area contributed by atoms with Gasteiger partial charge in [0.15, 0.2) is 14.9 Å². The monoisotopic (exact) mass is 243 g/mol. The van der Waals surface area contributed by atoms with Gasteiger partial charge in [0, 0.05) is 19.2 Å². The first kappa shape index (κ1) is 13.3. The molecule has 0 aromatic carbocycles. The maximum absolute atomic E-state index is 11.0. The van der Waals surface area contributed by atoms with Gasteiger partial charge in [-0.25, -0.2) is 21.6 Å². The van der Waals surface area contributed by atoms with Gasteiger partial charge in [-0.1, -0.05) is 0 Å². The highest BCUT2D eigenvalue weighted by molar-refractivity contribution is 8.06. The van der Waals surface area contributed by atoms with Crippen molar-refractivity contribution in [3.63, 3.8) is 0 Å².